The average molecular weight is 250 g/mol. The second kappa shape index (κ2) is 6.64. The molecule has 0 spiro atoms. The first-order chi connectivity index (χ1) is 8.47. The van der Waals surface area contributed by atoms with Gasteiger partial charge in [-0.05, 0) is 18.1 Å². The molecule has 1 aromatic carbocycles. The van der Waals surface area contributed by atoms with E-state index in [9.17, 15) is 9.59 Å². The first-order valence-corrected chi connectivity index (χ1v) is 5.78. The molecule has 0 fully saturated rings. The summed E-state index contributed by atoms with van der Waals surface area (Å²) < 4.78 is 5.14. The van der Waals surface area contributed by atoms with E-state index in [1.54, 1.807) is 24.3 Å². The summed E-state index contributed by atoms with van der Waals surface area (Å²) in [6.07, 6.45) is 0.465. The molecule has 5 nitrogen and oxygen atoms in total. The van der Waals surface area contributed by atoms with Gasteiger partial charge in [-0.1, -0.05) is 19.9 Å². The lowest BCUT2D eigenvalue weighted by Gasteiger charge is -2.09. The molecule has 0 aliphatic heterocycles. The third kappa shape index (κ3) is 5.34. The van der Waals surface area contributed by atoms with Crippen LogP contribution in [0.2, 0.25) is 0 Å². The second-order valence-electron chi connectivity index (χ2n) is 4.43. The maximum atomic E-state index is 11.6. The van der Waals surface area contributed by atoms with Gasteiger partial charge in [-0.25, -0.2) is 0 Å². The Labute approximate surface area is 106 Å². The number of primary amides is 1. The van der Waals surface area contributed by atoms with Crippen molar-refractivity contribution in [2.24, 2.45) is 11.7 Å². The average Bonchev–Trinajstić information content (AvgIpc) is 2.25. The summed E-state index contributed by atoms with van der Waals surface area (Å²) in [7, 11) is 0. The topological polar surface area (TPSA) is 81.4 Å². The van der Waals surface area contributed by atoms with Gasteiger partial charge in [0, 0.05) is 18.2 Å². The maximum Gasteiger partial charge on any atom is 0.255 e. The van der Waals surface area contributed by atoms with E-state index in [4.69, 9.17) is 10.5 Å². The largest absolute Gasteiger partial charge is 0.484 e. The Balaban J connectivity index is 2.59. The Morgan fingerprint density at radius 2 is 2.11 bits per heavy atom. The zero-order chi connectivity index (χ0) is 13.5. The van der Waals surface area contributed by atoms with Gasteiger partial charge in [0.15, 0.2) is 6.61 Å². The van der Waals surface area contributed by atoms with Crippen molar-refractivity contribution in [1.29, 1.82) is 0 Å². The Bertz CT molecular complexity index is 430. The molecule has 0 atom stereocenters. The number of nitrogens with one attached hydrogen (secondary N) is 1. The molecule has 0 aliphatic rings. The zero-order valence-corrected chi connectivity index (χ0v) is 10.6. The number of ether oxygens (including phenoxy) is 1. The maximum absolute atomic E-state index is 11.6. The van der Waals surface area contributed by atoms with E-state index < -0.39 is 5.91 Å². The Morgan fingerprint density at radius 3 is 2.72 bits per heavy atom. The molecule has 0 unspecified atom stereocenters. The monoisotopic (exact) mass is 250 g/mol. The van der Waals surface area contributed by atoms with Gasteiger partial charge in [-0.2, -0.15) is 0 Å². The lowest BCUT2D eigenvalue weighted by atomic mass is 10.1. The summed E-state index contributed by atoms with van der Waals surface area (Å²) >= 11 is 0. The van der Waals surface area contributed by atoms with Crippen molar-refractivity contribution in [3.63, 3.8) is 0 Å². The molecule has 0 saturated heterocycles. The number of hydrogen-bond acceptors (Lipinski definition) is 3. The minimum Gasteiger partial charge on any atom is -0.484 e. The van der Waals surface area contributed by atoms with Gasteiger partial charge in [-0.3, -0.25) is 9.59 Å². The van der Waals surface area contributed by atoms with Crippen LogP contribution >= 0.6 is 0 Å². The molecule has 0 aromatic heterocycles. The smallest absolute Gasteiger partial charge is 0.255 e. The van der Waals surface area contributed by atoms with Crippen molar-refractivity contribution in [3.05, 3.63) is 24.3 Å². The number of rotatable bonds is 6. The van der Waals surface area contributed by atoms with E-state index in [1.165, 1.54) is 0 Å². The molecule has 1 rings (SSSR count). The lowest BCUT2D eigenvalue weighted by Crippen LogP contribution is -2.20. The van der Waals surface area contributed by atoms with Crippen molar-refractivity contribution in [2.45, 2.75) is 20.3 Å². The summed E-state index contributed by atoms with van der Waals surface area (Å²) in [6.45, 7) is 3.78. The van der Waals surface area contributed by atoms with Crippen LogP contribution in [-0.2, 0) is 9.59 Å². The van der Waals surface area contributed by atoms with E-state index in [-0.39, 0.29) is 12.5 Å². The summed E-state index contributed by atoms with van der Waals surface area (Å²) in [5.74, 6) is 0.219. The Morgan fingerprint density at radius 1 is 1.39 bits per heavy atom. The SMILES string of the molecule is CC(C)CC(=O)Nc1cccc(OCC(N)=O)c1. The number of anilines is 1. The van der Waals surface area contributed by atoms with Gasteiger partial charge in [0.25, 0.3) is 5.91 Å². The third-order valence-electron chi connectivity index (χ3n) is 2.09. The number of nitrogens with two attached hydrogens (primary N) is 1. The molecule has 18 heavy (non-hydrogen) atoms. The highest BCUT2D eigenvalue weighted by Gasteiger charge is 2.06. The van der Waals surface area contributed by atoms with Crippen molar-refractivity contribution in [1.82, 2.24) is 0 Å². The number of carbonyl (C=O) groups is 2. The zero-order valence-electron chi connectivity index (χ0n) is 10.6. The summed E-state index contributed by atoms with van der Waals surface area (Å²) in [5.41, 5.74) is 5.62. The molecule has 0 bridgehead atoms. The fourth-order valence-electron chi connectivity index (χ4n) is 1.40. The molecule has 1 aromatic rings. The van der Waals surface area contributed by atoms with E-state index in [0.717, 1.165) is 0 Å². The Kier molecular flexibility index (Phi) is 5.17. The molecule has 0 saturated carbocycles. The molecule has 0 radical (unpaired) electrons. The molecule has 2 amide bonds. The normalized spacial score (nSPS) is 10.2. The van der Waals surface area contributed by atoms with Gasteiger partial charge in [0.1, 0.15) is 5.75 Å². The van der Waals surface area contributed by atoms with Crippen molar-refractivity contribution in [3.8, 4) is 5.75 Å². The van der Waals surface area contributed by atoms with Crippen LogP contribution in [0.3, 0.4) is 0 Å². The Hall–Kier alpha value is -2.04. The lowest BCUT2D eigenvalue weighted by molar-refractivity contribution is -0.120. The molecular weight excluding hydrogens is 232 g/mol. The van der Waals surface area contributed by atoms with Crippen LogP contribution in [0.5, 0.6) is 5.75 Å². The van der Waals surface area contributed by atoms with Crippen molar-refractivity contribution >= 4 is 17.5 Å². The van der Waals surface area contributed by atoms with Crippen molar-refractivity contribution in [2.75, 3.05) is 11.9 Å². The van der Waals surface area contributed by atoms with E-state index in [0.29, 0.717) is 23.8 Å². The minimum absolute atomic E-state index is 0.0444. The minimum atomic E-state index is -0.538. The first-order valence-electron chi connectivity index (χ1n) is 5.78. The van der Waals surface area contributed by atoms with Crippen LogP contribution in [0.25, 0.3) is 0 Å². The highest BCUT2D eigenvalue weighted by Crippen LogP contribution is 2.17. The summed E-state index contributed by atoms with van der Waals surface area (Å²) in [6, 6.07) is 6.85. The molecule has 3 N–H and O–H groups in total. The first kappa shape index (κ1) is 14.0. The molecule has 5 heteroatoms. The fourth-order valence-corrected chi connectivity index (χ4v) is 1.40. The van der Waals surface area contributed by atoms with Gasteiger partial charge >= 0.3 is 0 Å². The summed E-state index contributed by atoms with van der Waals surface area (Å²) in [5, 5.41) is 2.77. The van der Waals surface area contributed by atoms with Gasteiger partial charge in [-0.15, -0.1) is 0 Å². The fraction of sp³-hybridized carbons (Fsp3) is 0.385. The number of carbonyl (C=O) groups excluding carboxylic acids is 2. The van der Waals surface area contributed by atoms with Crippen LogP contribution in [0.15, 0.2) is 24.3 Å². The summed E-state index contributed by atoms with van der Waals surface area (Å²) in [4.78, 5) is 22.2. The van der Waals surface area contributed by atoms with Crippen LogP contribution in [0.1, 0.15) is 20.3 Å². The van der Waals surface area contributed by atoms with Crippen LogP contribution in [-0.4, -0.2) is 18.4 Å². The highest BCUT2D eigenvalue weighted by molar-refractivity contribution is 5.91. The van der Waals surface area contributed by atoms with Gasteiger partial charge in [0.2, 0.25) is 5.91 Å². The van der Waals surface area contributed by atoms with E-state index in [1.807, 2.05) is 13.8 Å². The van der Waals surface area contributed by atoms with Gasteiger partial charge in [0.05, 0.1) is 0 Å². The van der Waals surface area contributed by atoms with E-state index in [2.05, 4.69) is 5.32 Å². The van der Waals surface area contributed by atoms with Crippen LogP contribution < -0.4 is 15.8 Å². The van der Waals surface area contributed by atoms with Crippen LogP contribution in [0, 0.1) is 5.92 Å². The second-order valence-corrected chi connectivity index (χ2v) is 4.43. The molecule has 98 valence electrons. The highest BCUT2D eigenvalue weighted by atomic mass is 16.5. The van der Waals surface area contributed by atoms with Gasteiger partial charge < -0.3 is 15.8 Å². The quantitative estimate of drug-likeness (QED) is 0.803. The number of hydrogen-bond donors (Lipinski definition) is 2. The standard InChI is InChI=1S/C13H18N2O3/c1-9(2)6-13(17)15-10-4-3-5-11(7-10)18-8-12(14)16/h3-5,7,9H,6,8H2,1-2H3,(H2,14,16)(H,15,17). The van der Waals surface area contributed by atoms with Crippen LogP contribution in [0.4, 0.5) is 5.69 Å². The number of benzene rings is 1. The molecular formula is C13H18N2O3. The molecule has 0 aliphatic carbocycles. The van der Waals surface area contributed by atoms with Crippen molar-refractivity contribution < 1.29 is 14.3 Å². The number of amides is 2. The molecule has 0 heterocycles. The third-order valence-corrected chi connectivity index (χ3v) is 2.09. The predicted molar refractivity (Wildman–Crippen MR) is 69.2 cm³/mol. The van der Waals surface area contributed by atoms with E-state index >= 15 is 0 Å². The predicted octanol–water partition coefficient (Wildman–Crippen LogP) is 1.54.